The molecule has 0 unspecified atom stereocenters. The Morgan fingerprint density at radius 2 is 1.17 bits per heavy atom. The molecule has 0 atom stereocenters. The molecule has 0 bridgehead atoms. The fourth-order valence-electron chi connectivity index (χ4n) is 3.12. The van der Waals surface area contributed by atoms with Crippen molar-refractivity contribution in [3.8, 4) is 0 Å². The zero-order valence-electron chi connectivity index (χ0n) is 27.7. The number of carbonyl (C=O) groups is 3. The van der Waals surface area contributed by atoms with E-state index in [1.54, 1.807) is 54.7 Å². The van der Waals surface area contributed by atoms with Crippen molar-refractivity contribution in [3.05, 3.63) is 52.4 Å². The average molecular weight is 806 g/mol. The van der Waals surface area contributed by atoms with Crippen LogP contribution in [0.25, 0.3) is 20.4 Å². The number of thiazole rings is 2. The summed E-state index contributed by atoms with van der Waals surface area (Å²) in [4.78, 5) is 45.8. The standard InChI is InChI=1S/C14H15FN2O4S.C13H14BrFN2O2S.C3H7.CH4.ClH.Mg/c1-14(2,3)21-13(20)17(4)12-16-9-6-8(15)7(11(18)19)5-10(9)22-12;1-13(2,3)19-12(18)17(4)11-16-9-6-8(15)7(14)5-10(9)20-11;1-3-2;;;/h5-6H,1-4H3,(H,18,19);5-6H,1-4H3;3H,1-2H3;1H4;1H;/q;;-1;;;+2/p-1. The number of carboxylic acid groups (broad SMARTS) is 1. The maximum absolute atomic E-state index is 13.6. The summed E-state index contributed by atoms with van der Waals surface area (Å²) in [5.74, 6) is -2.60. The molecule has 0 spiro atoms. The molecular formula is C31H40BrClF2MgN4O6S2. The number of aromatic nitrogens is 2. The van der Waals surface area contributed by atoms with Crippen LogP contribution in [0, 0.1) is 18.1 Å². The molecule has 0 fully saturated rings. The Balaban J connectivity index is 0. The molecule has 4 aromatic rings. The van der Waals surface area contributed by atoms with Gasteiger partial charge in [-0.1, -0.05) is 30.1 Å². The van der Waals surface area contributed by atoms with E-state index < -0.39 is 40.7 Å². The molecular weight excluding hydrogens is 766 g/mol. The van der Waals surface area contributed by atoms with Crippen molar-refractivity contribution < 1.29 is 50.2 Å². The summed E-state index contributed by atoms with van der Waals surface area (Å²) in [7, 11) is 3.07. The van der Waals surface area contributed by atoms with Crippen LogP contribution in [0.15, 0.2) is 28.7 Å². The first-order chi connectivity index (χ1) is 20.7. The first kappa shape index (κ1) is 47.7. The Bertz CT molecular complexity index is 1660. The summed E-state index contributed by atoms with van der Waals surface area (Å²) in [5.41, 5.74) is -0.844. The second-order valence-corrected chi connectivity index (χ2v) is 14.4. The van der Waals surface area contributed by atoms with Gasteiger partial charge in [-0.2, -0.15) is 13.8 Å². The predicted octanol–water partition coefficient (Wildman–Crippen LogP) is 6.56. The topological polar surface area (TPSA) is 122 Å². The molecule has 17 heteroatoms. The number of anilines is 2. The van der Waals surface area contributed by atoms with Gasteiger partial charge in [0.05, 0.1) is 30.5 Å². The van der Waals surface area contributed by atoms with E-state index in [0.717, 1.165) is 22.1 Å². The molecule has 48 heavy (non-hydrogen) atoms. The third-order valence-electron chi connectivity index (χ3n) is 5.02. The molecule has 2 heterocycles. The van der Waals surface area contributed by atoms with Crippen molar-refractivity contribution >= 4 is 111 Å². The molecule has 262 valence electrons. The van der Waals surface area contributed by atoms with Crippen LogP contribution in [0.4, 0.5) is 28.6 Å². The van der Waals surface area contributed by atoms with E-state index in [9.17, 15) is 23.2 Å². The van der Waals surface area contributed by atoms with Crippen molar-refractivity contribution in [2.24, 2.45) is 0 Å². The van der Waals surface area contributed by atoms with Gasteiger partial charge < -0.3 is 33.4 Å². The molecule has 0 saturated carbocycles. The van der Waals surface area contributed by atoms with E-state index in [1.807, 2.05) is 20.3 Å². The van der Waals surface area contributed by atoms with E-state index in [1.165, 1.54) is 40.3 Å². The second-order valence-electron chi connectivity index (χ2n) is 11.5. The summed E-state index contributed by atoms with van der Waals surface area (Å²) >= 11 is 5.51. The number of ether oxygens (including phenoxy) is 2. The number of nitrogens with zero attached hydrogens (tertiary/aromatic N) is 4. The van der Waals surface area contributed by atoms with E-state index in [0.29, 0.717) is 25.0 Å². The number of amides is 2. The van der Waals surface area contributed by atoms with Gasteiger partial charge in [-0.3, -0.25) is 9.80 Å². The van der Waals surface area contributed by atoms with Gasteiger partial charge >= 0.3 is 41.2 Å². The number of halogens is 4. The van der Waals surface area contributed by atoms with E-state index in [2.05, 4.69) is 25.9 Å². The Morgan fingerprint density at radius 3 is 1.52 bits per heavy atom. The number of hydrogen-bond acceptors (Lipinski definition) is 9. The largest absolute Gasteiger partial charge is 2.00 e. The molecule has 0 aliphatic rings. The van der Waals surface area contributed by atoms with Gasteiger partial charge in [0.1, 0.15) is 22.8 Å². The molecule has 2 aromatic carbocycles. The summed E-state index contributed by atoms with van der Waals surface area (Å²) in [6.45, 7) is 14.6. The maximum Gasteiger partial charge on any atom is 2.00 e. The summed E-state index contributed by atoms with van der Waals surface area (Å²) in [6, 6.07) is 5.23. The number of carbonyl (C=O) groups excluding carboxylic acids is 2. The molecule has 1 N–H and O–H groups in total. The monoisotopic (exact) mass is 804 g/mol. The Labute approximate surface area is 318 Å². The Kier molecular flexibility index (Phi) is 19.6. The third kappa shape index (κ3) is 13.9. The normalized spacial score (nSPS) is 10.5. The first-order valence-corrected chi connectivity index (χ1v) is 15.9. The minimum Gasteiger partial charge on any atom is -1.00 e. The fraction of sp³-hybridized carbons (Fsp3) is 0.419. The molecule has 10 nitrogen and oxygen atoms in total. The Hall–Kier alpha value is -2.37. The van der Waals surface area contributed by atoms with Crippen LogP contribution in [0.3, 0.4) is 0 Å². The van der Waals surface area contributed by atoms with Gasteiger partial charge in [-0.25, -0.2) is 33.1 Å². The van der Waals surface area contributed by atoms with Crippen LogP contribution >= 0.6 is 38.6 Å². The van der Waals surface area contributed by atoms with Crippen molar-refractivity contribution in [1.29, 1.82) is 0 Å². The van der Waals surface area contributed by atoms with Crippen LogP contribution in [0.5, 0.6) is 0 Å². The van der Waals surface area contributed by atoms with Crippen LogP contribution in [-0.4, -0.2) is 81.6 Å². The van der Waals surface area contributed by atoms with Crippen molar-refractivity contribution in [2.75, 3.05) is 23.9 Å². The number of carboxylic acids is 1. The van der Waals surface area contributed by atoms with Gasteiger partial charge in [0.15, 0.2) is 10.3 Å². The van der Waals surface area contributed by atoms with E-state index in [4.69, 9.17) is 14.6 Å². The van der Waals surface area contributed by atoms with Crippen molar-refractivity contribution in [2.45, 2.75) is 74.0 Å². The van der Waals surface area contributed by atoms with Crippen LogP contribution in [0.1, 0.15) is 73.2 Å². The molecule has 0 aliphatic heterocycles. The minimum absolute atomic E-state index is 0. The number of benzene rings is 2. The molecule has 0 radical (unpaired) electrons. The van der Waals surface area contributed by atoms with E-state index in [-0.39, 0.29) is 54.2 Å². The van der Waals surface area contributed by atoms with Gasteiger partial charge in [-0.05, 0) is 69.6 Å². The first-order valence-electron chi connectivity index (χ1n) is 13.4. The summed E-state index contributed by atoms with van der Waals surface area (Å²) in [5, 5.41) is 9.68. The molecule has 2 amide bonds. The predicted molar refractivity (Wildman–Crippen MR) is 191 cm³/mol. The zero-order valence-corrected chi connectivity index (χ0v) is 33.1. The fourth-order valence-corrected chi connectivity index (χ4v) is 5.49. The summed E-state index contributed by atoms with van der Waals surface area (Å²) < 4.78 is 39.2. The number of aromatic carboxylic acids is 1. The van der Waals surface area contributed by atoms with Gasteiger partial charge in [0.25, 0.3) is 0 Å². The number of rotatable bonds is 3. The van der Waals surface area contributed by atoms with Crippen LogP contribution in [0.2, 0.25) is 0 Å². The van der Waals surface area contributed by atoms with Gasteiger partial charge in [-0.15, -0.1) is 0 Å². The smallest absolute Gasteiger partial charge is 1.00 e. The molecule has 0 aliphatic carbocycles. The van der Waals surface area contributed by atoms with Crippen molar-refractivity contribution in [1.82, 2.24) is 9.97 Å². The van der Waals surface area contributed by atoms with Gasteiger partial charge in [0.2, 0.25) is 0 Å². The number of hydrogen-bond donors (Lipinski definition) is 1. The molecule has 4 rings (SSSR count). The van der Waals surface area contributed by atoms with E-state index >= 15 is 0 Å². The third-order valence-corrected chi connectivity index (χ3v) is 7.82. The minimum atomic E-state index is -1.35. The zero-order chi connectivity index (χ0) is 34.4. The Morgan fingerprint density at radius 1 is 0.812 bits per heavy atom. The SMILES string of the molecule is C.CN(C(=O)OC(C)(C)C)c1nc2cc(F)c(Br)cc2s1.CN(C(=O)OC(C)(C)C)c1nc2cc(F)c(C(=O)O)cc2s1.C[CH-]C.[Cl-].[Mg+2]. The maximum atomic E-state index is 13.6. The molecule has 0 saturated heterocycles. The second kappa shape index (κ2) is 19.7. The molecule has 2 aromatic heterocycles. The number of fused-ring (bicyclic) bond motifs is 2. The van der Waals surface area contributed by atoms with Gasteiger partial charge in [0, 0.05) is 26.2 Å². The average Bonchev–Trinajstić information content (AvgIpc) is 3.49. The quantitative estimate of drug-likeness (QED) is 0.183. The summed E-state index contributed by atoms with van der Waals surface area (Å²) in [6.07, 6.45) is 0.918. The van der Waals surface area contributed by atoms with Crippen molar-refractivity contribution in [3.63, 3.8) is 0 Å². The van der Waals surface area contributed by atoms with Crippen LogP contribution < -0.4 is 22.2 Å². The van der Waals surface area contributed by atoms with Crippen LogP contribution in [-0.2, 0) is 9.47 Å².